The number of esters is 2. The van der Waals surface area contributed by atoms with E-state index in [-0.39, 0.29) is 49.4 Å². The SMILES string of the molecule is CC(=O)OCC1CN(C(=O)CCN)CCN1CC(=O)OCC(C)C. The molecule has 0 bridgehead atoms. The van der Waals surface area contributed by atoms with E-state index in [0.717, 1.165) is 0 Å². The molecule has 0 aromatic rings. The number of rotatable bonds is 8. The summed E-state index contributed by atoms with van der Waals surface area (Å²) in [6, 6.07) is -0.226. The summed E-state index contributed by atoms with van der Waals surface area (Å²) in [7, 11) is 0. The van der Waals surface area contributed by atoms with Crippen LogP contribution in [0.5, 0.6) is 0 Å². The number of nitrogens with two attached hydrogens (primary N) is 1. The van der Waals surface area contributed by atoms with Gasteiger partial charge >= 0.3 is 11.9 Å². The zero-order valence-electron chi connectivity index (χ0n) is 14.8. The van der Waals surface area contributed by atoms with Crippen LogP contribution in [-0.4, -0.2) is 79.6 Å². The lowest BCUT2D eigenvalue weighted by molar-refractivity contribution is -0.150. The van der Waals surface area contributed by atoms with Crippen LogP contribution >= 0.6 is 0 Å². The van der Waals surface area contributed by atoms with Crippen LogP contribution < -0.4 is 5.73 Å². The molecular formula is C16H29N3O5. The minimum absolute atomic E-state index is 0.0210. The summed E-state index contributed by atoms with van der Waals surface area (Å²) in [6.45, 7) is 7.67. The molecule has 1 fully saturated rings. The predicted octanol–water partition coefficient (Wildman–Crippen LogP) is -0.390. The third kappa shape index (κ3) is 7.27. The molecular weight excluding hydrogens is 314 g/mol. The highest BCUT2D eigenvalue weighted by Gasteiger charge is 2.31. The molecule has 8 nitrogen and oxygen atoms in total. The van der Waals surface area contributed by atoms with Crippen LogP contribution in [0, 0.1) is 5.92 Å². The highest BCUT2D eigenvalue weighted by atomic mass is 16.5. The van der Waals surface area contributed by atoms with Gasteiger partial charge in [-0.1, -0.05) is 13.8 Å². The van der Waals surface area contributed by atoms with Crippen LogP contribution in [0.1, 0.15) is 27.2 Å². The van der Waals surface area contributed by atoms with Crippen molar-refractivity contribution in [2.75, 3.05) is 45.9 Å². The highest BCUT2D eigenvalue weighted by Crippen LogP contribution is 2.12. The van der Waals surface area contributed by atoms with Crippen molar-refractivity contribution in [3.05, 3.63) is 0 Å². The first kappa shape index (κ1) is 20.4. The normalized spacial score (nSPS) is 18.5. The molecule has 0 aromatic heterocycles. The number of ether oxygens (including phenoxy) is 2. The van der Waals surface area contributed by atoms with Crippen LogP contribution in [0.2, 0.25) is 0 Å². The largest absolute Gasteiger partial charge is 0.464 e. The second-order valence-electron chi connectivity index (χ2n) is 6.38. The smallest absolute Gasteiger partial charge is 0.320 e. The van der Waals surface area contributed by atoms with Crippen molar-refractivity contribution in [2.24, 2.45) is 11.7 Å². The van der Waals surface area contributed by atoms with E-state index < -0.39 is 0 Å². The fraction of sp³-hybridized carbons (Fsp3) is 0.812. The quantitative estimate of drug-likeness (QED) is 0.599. The molecule has 24 heavy (non-hydrogen) atoms. The monoisotopic (exact) mass is 343 g/mol. The van der Waals surface area contributed by atoms with Gasteiger partial charge in [0.05, 0.1) is 19.2 Å². The number of hydrogen-bond donors (Lipinski definition) is 1. The van der Waals surface area contributed by atoms with Gasteiger partial charge in [0.2, 0.25) is 5.91 Å². The topological polar surface area (TPSA) is 102 Å². The Morgan fingerprint density at radius 1 is 1.21 bits per heavy atom. The maximum atomic E-state index is 12.0. The number of amides is 1. The first-order chi connectivity index (χ1) is 11.3. The highest BCUT2D eigenvalue weighted by molar-refractivity contribution is 5.76. The molecule has 0 spiro atoms. The van der Waals surface area contributed by atoms with E-state index in [0.29, 0.717) is 32.8 Å². The Labute approximate surface area is 143 Å². The van der Waals surface area contributed by atoms with E-state index in [4.69, 9.17) is 15.2 Å². The van der Waals surface area contributed by atoms with Crippen LogP contribution in [0.4, 0.5) is 0 Å². The van der Waals surface area contributed by atoms with Gasteiger partial charge in [0.1, 0.15) is 6.61 Å². The van der Waals surface area contributed by atoms with E-state index in [1.165, 1.54) is 6.92 Å². The summed E-state index contributed by atoms with van der Waals surface area (Å²) in [5, 5.41) is 0. The maximum absolute atomic E-state index is 12.0. The summed E-state index contributed by atoms with van der Waals surface area (Å²) >= 11 is 0. The Balaban J connectivity index is 2.62. The van der Waals surface area contributed by atoms with Crippen molar-refractivity contribution in [1.82, 2.24) is 9.80 Å². The van der Waals surface area contributed by atoms with E-state index in [2.05, 4.69) is 0 Å². The Morgan fingerprint density at radius 2 is 1.92 bits per heavy atom. The third-order valence-corrected chi connectivity index (χ3v) is 3.70. The fourth-order valence-corrected chi connectivity index (χ4v) is 2.45. The average Bonchev–Trinajstić information content (AvgIpc) is 2.52. The van der Waals surface area contributed by atoms with Crippen molar-refractivity contribution >= 4 is 17.8 Å². The average molecular weight is 343 g/mol. The van der Waals surface area contributed by atoms with Gasteiger partial charge in [-0.05, 0) is 5.92 Å². The van der Waals surface area contributed by atoms with Crippen molar-refractivity contribution in [3.63, 3.8) is 0 Å². The van der Waals surface area contributed by atoms with Gasteiger partial charge in [0.15, 0.2) is 0 Å². The molecule has 1 amide bonds. The molecule has 1 aliphatic heterocycles. The molecule has 0 saturated carbocycles. The van der Waals surface area contributed by atoms with Crippen molar-refractivity contribution in [1.29, 1.82) is 0 Å². The van der Waals surface area contributed by atoms with Gasteiger partial charge in [0.25, 0.3) is 0 Å². The van der Waals surface area contributed by atoms with Crippen LogP contribution in [0.25, 0.3) is 0 Å². The predicted molar refractivity (Wildman–Crippen MR) is 88.0 cm³/mol. The molecule has 1 rings (SSSR count). The lowest BCUT2D eigenvalue weighted by atomic mass is 10.1. The molecule has 1 aliphatic rings. The minimum Gasteiger partial charge on any atom is -0.464 e. The van der Waals surface area contributed by atoms with E-state index >= 15 is 0 Å². The first-order valence-electron chi connectivity index (χ1n) is 8.34. The van der Waals surface area contributed by atoms with Gasteiger partial charge in [-0.25, -0.2) is 0 Å². The fourth-order valence-electron chi connectivity index (χ4n) is 2.45. The number of hydrogen-bond acceptors (Lipinski definition) is 7. The standard InChI is InChI=1S/C16H29N3O5/c1-12(2)10-24-16(22)9-18-6-7-19(15(21)4-5-17)8-14(18)11-23-13(3)20/h12,14H,4-11,17H2,1-3H3. The van der Waals surface area contributed by atoms with Gasteiger partial charge in [0, 0.05) is 39.5 Å². The van der Waals surface area contributed by atoms with Crippen LogP contribution in [0.15, 0.2) is 0 Å². The molecule has 8 heteroatoms. The molecule has 0 radical (unpaired) electrons. The summed E-state index contributed by atoms with van der Waals surface area (Å²) in [4.78, 5) is 38.7. The minimum atomic E-state index is -0.386. The zero-order chi connectivity index (χ0) is 18.1. The second kappa shape index (κ2) is 10.2. The second-order valence-corrected chi connectivity index (χ2v) is 6.38. The number of piperazine rings is 1. The molecule has 138 valence electrons. The van der Waals surface area contributed by atoms with Crippen molar-refractivity contribution in [3.8, 4) is 0 Å². The first-order valence-corrected chi connectivity index (χ1v) is 8.34. The van der Waals surface area contributed by atoms with Gasteiger partial charge in [-0.3, -0.25) is 19.3 Å². The Bertz CT molecular complexity index is 441. The molecule has 1 unspecified atom stereocenters. The van der Waals surface area contributed by atoms with Gasteiger partial charge in [-0.2, -0.15) is 0 Å². The summed E-state index contributed by atoms with van der Waals surface area (Å²) < 4.78 is 10.3. The van der Waals surface area contributed by atoms with Crippen molar-refractivity contribution in [2.45, 2.75) is 33.2 Å². The number of carbonyl (C=O) groups is 3. The molecule has 1 atom stereocenters. The van der Waals surface area contributed by atoms with Gasteiger partial charge < -0.3 is 20.1 Å². The summed E-state index contributed by atoms with van der Waals surface area (Å²) in [6.07, 6.45) is 0.288. The van der Waals surface area contributed by atoms with E-state index in [9.17, 15) is 14.4 Å². The Morgan fingerprint density at radius 3 is 2.50 bits per heavy atom. The lowest BCUT2D eigenvalue weighted by Crippen LogP contribution is -2.57. The maximum Gasteiger partial charge on any atom is 0.320 e. The summed E-state index contributed by atoms with van der Waals surface area (Å²) in [5.41, 5.74) is 5.43. The van der Waals surface area contributed by atoms with Gasteiger partial charge in [-0.15, -0.1) is 0 Å². The third-order valence-electron chi connectivity index (χ3n) is 3.70. The van der Waals surface area contributed by atoms with Crippen molar-refractivity contribution < 1.29 is 23.9 Å². The molecule has 1 saturated heterocycles. The molecule has 1 heterocycles. The number of carbonyl (C=O) groups excluding carboxylic acids is 3. The van der Waals surface area contributed by atoms with Crippen LogP contribution in [0.3, 0.4) is 0 Å². The molecule has 2 N–H and O–H groups in total. The molecule has 0 aromatic carbocycles. The number of nitrogens with zero attached hydrogens (tertiary/aromatic N) is 2. The summed E-state index contributed by atoms with van der Waals surface area (Å²) in [5.74, 6) is -0.440. The zero-order valence-corrected chi connectivity index (χ0v) is 14.8. The molecule has 0 aliphatic carbocycles. The van der Waals surface area contributed by atoms with E-state index in [1.807, 2.05) is 18.7 Å². The Hall–Kier alpha value is -1.67. The lowest BCUT2D eigenvalue weighted by Gasteiger charge is -2.40. The van der Waals surface area contributed by atoms with E-state index in [1.54, 1.807) is 4.90 Å². The Kier molecular flexibility index (Phi) is 8.70. The van der Waals surface area contributed by atoms with Crippen LogP contribution in [-0.2, 0) is 23.9 Å².